The molecule has 3 nitrogen and oxygen atoms in total. The number of likely N-dealkylation sites (N-methyl/N-ethyl adjacent to an activating group) is 1. The number of ether oxygens (including phenoxy) is 2. The van der Waals surface area contributed by atoms with Crippen molar-refractivity contribution < 1.29 is 13.9 Å². The van der Waals surface area contributed by atoms with Crippen LogP contribution in [0, 0.1) is 11.7 Å². The molecule has 1 aromatic rings. The Morgan fingerprint density at radius 1 is 1.53 bits per heavy atom. The lowest BCUT2D eigenvalue weighted by Crippen LogP contribution is -2.36. The van der Waals surface area contributed by atoms with Crippen LogP contribution >= 0.6 is 0 Å². The standard InChI is InChI=1S/C15H22FNO2/c1-10-6-12(9-19-10)14(17-2)8-11-4-5-15(18-3)13(16)7-11/h4-5,7,10,12,14,17H,6,8-9H2,1-3H3. The predicted molar refractivity (Wildman–Crippen MR) is 73.0 cm³/mol. The Morgan fingerprint density at radius 3 is 2.84 bits per heavy atom. The molecule has 4 heteroatoms. The van der Waals surface area contributed by atoms with Crippen molar-refractivity contribution in [3.05, 3.63) is 29.6 Å². The normalized spacial score (nSPS) is 24.4. The molecular weight excluding hydrogens is 245 g/mol. The Labute approximate surface area is 114 Å². The van der Waals surface area contributed by atoms with Gasteiger partial charge in [-0.3, -0.25) is 0 Å². The fourth-order valence-electron chi connectivity index (χ4n) is 2.73. The van der Waals surface area contributed by atoms with Crippen LogP contribution in [0.15, 0.2) is 18.2 Å². The molecule has 1 aliphatic heterocycles. The van der Waals surface area contributed by atoms with Crippen LogP contribution in [0.25, 0.3) is 0 Å². The number of rotatable bonds is 5. The first kappa shape index (κ1) is 14.3. The fourth-order valence-corrected chi connectivity index (χ4v) is 2.73. The summed E-state index contributed by atoms with van der Waals surface area (Å²) in [6.07, 6.45) is 2.19. The average molecular weight is 267 g/mol. The summed E-state index contributed by atoms with van der Waals surface area (Å²) in [6.45, 7) is 2.88. The smallest absolute Gasteiger partial charge is 0.165 e. The molecule has 0 amide bonds. The van der Waals surface area contributed by atoms with Crippen LogP contribution in [-0.4, -0.2) is 32.9 Å². The number of hydrogen-bond donors (Lipinski definition) is 1. The van der Waals surface area contributed by atoms with Gasteiger partial charge in [0.25, 0.3) is 0 Å². The number of benzene rings is 1. The number of halogens is 1. The summed E-state index contributed by atoms with van der Waals surface area (Å²) in [5.41, 5.74) is 0.984. The minimum absolute atomic E-state index is 0.294. The van der Waals surface area contributed by atoms with Crippen molar-refractivity contribution in [3.8, 4) is 5.75 Å². The molecule has 3 atom stereocenters. The first-order valence-corrected chi connectivity index (χ1v) is 6.75. The van der Waals surface area contributed by atoms with Gasteiger partial charge in [0, 0.05) is 12.0 Å². The monoisotopic (exact) mass is 267 g/mol. The molecule has 0 bridgehead atoms. The van der Waals surface area contributed by atoms with E-state index in [1.165, 1.54) is 7.11 Å². The van der Waals surface area contributed by atoms with Crippen LogP contribution in [0.5, 0.6) is 5.75 Å². The molecule has 0 radical (unpaired) electrons. The van der Waals surface area contributed by atoms with Crippen LogP contribution < -0.4 is 10.1 Å². The third kappa shape index (κ3) is 3.45. The highest BCUT2D eigenvalue weighted by Gasteiger charge is 2.28. The second-order valence-corrected chi connectivity index (χ2v) is 5.21. The van der Waals surface area contributed by atoms with Gasteiger partial charge in [-0.1, -0.05) is 6.07 Å². The molecule has 106 valence electrons. The third-order valence-corrected chi connectivity index (χ3v) is 3.84. The summed E-state index contributed by atoms with van der Waals surface area (Å²) in [5.74, 6) is 0.485. The topological polar surface area (TPSA) is 30.5 Å². The molecular formula is C15H22FNO2. The SMILES string of the molecule is CNC(Cc1ccc(OC)c(F)c1)C1COC(C)C1. The maximum atomic E-state index is 13.7. The molecule has 0 spiro atoms. The van der Waals surface area contributed by atoms with Crippen molar-refractivity contribution in [2.45, 2.75) is 31.9 Å². The van der Waals surface area contributed by atoms with Crippen molar-refractivity contribution in [1.82, 2.24) is 5.32 Å². The second kappa shape index (κ2) is 6.35. The molecule has 1 heterocycles. The van der Waals surface area contributed by atoms with Crippen molar-refractivity contribution in [2.75, 3.05) is 20.8 Å². The Hall–Kier alpha value is -1.13. The summed E-state index contributed by atoms with van der Waals surface area (Å²) in [5, 5.41) is 3.33. The van der Waals surface area contributed by atoms with E-state index in [0.717, 1.165) is 25.0 Å². The minimum atomic E-state index is -0.300. The van der Waals surface area contributed by atoms with E-state index < -0.39 is 0 Å². The minimum Gasteiger partial charge on any atom is -0.494 e. The number of nitrogens with one attached hydrogen (secondary N) is 1. The Kier molecular flexibility index (Phi) is 4.77. The second-order valence-electron chi connectivity index (χ2n) is 5.21. The molecule has 0 saturated carbocycles. The maximum Gasteiger partial charge on any atom is 0.165 e. The molecule has 0 aliphatic carbocycles. The summed E-state index contributed by atoms with van der Waals surface area (Å²) in [6, 6.07) is 5.48. The predicted octanol–water partition coefficient (Wildman–Crippen LogP) is 2.39. The molecule has 1 N–H and O–H groups in total. The number of hydrogen-bond acceptors (Lipinski definition) is 3. The van der Waals surface area contributed by atoms with Gasteiger partial charge >= 0.3 is 0 Å². The van der Waals surface area contributed by atoms with Gasteiger partial charge in [0.2, 0.25) is 0 Å². The van der Waals surface area contributed by atoms with Crippen molar-refractivity contribution in [3.63, 3.8) is 0 Å². The molecule has 19 heavy (non-hydrogen) atoms. The van der Waals surface area contributed by atoms with Gasteiger partial charge in [-0.15, -0.1) is 0 Å². The van der Waals surface area contributed by atoms with Crippen LogP contribution in [-0.2, 0) is 11.2 Å². The van der Waals surface area contributed by atoms with Gasteiger partial charge in [-0.05, 0) is 44.5 Å². The summed E-state index contributed by atoms with van der Waals surface area (Å²) < 4.78 is 24.2. The molecule has 1 saturated heterocycles. The largest absolute Gasteiger partial charge is 0.494 e. The van der Waals surface area contributed by atoms with Crippen LogP contribution in [0.1, 0.15) is 18.9 Å². The van der Waals surface area contributed by atoms with Crippen LogP contribution in [0.4, 0.5) is 4.39 Å². The molecule has 3 unspecified atom stereocenters. The first-order chi connectivity index (χ1) is 9.13. The zero-order valence-corrected chi connectivity index (χ0v) is 11.8. The van der Waals surface area contributed by atoms with E-state index in [2.05, 4.69) is 12.2 Å². The highest BCUT2D eigenvalue weighted by Crippen LogP contribution is 2.25. The quantitative estimate of drug-likeness (QED) is 0.888. The molecule has 2 rings (SSSR count). The summed E-state index contributed by atoms with van der Waals surface area (Å²) in [4.78, 5) is 0. The van der Waals surface area contributed by atoms with E-state index in [-0.39, 0.29) is 5.82 Å². The van der Waals surface area contributed by atoms with Gasteiger partial charge in [-0.2, -0.15) is 0 Å². The van der Waals surface area contributed by atoms with Gasteiger partial charge in [0.15, 0.2) is 11.6 Å². The lowest BCUT2D eigenvalue weighted by atomic mass is 9.91. The zero-order valence-electron chi connectivity index (χ0n) is 11.8. The Morgan fingerprint density at radius 2 is 2.32 bits per heavy atom. The highest BCUT2D eigenvalue weighted by molar-refractivity contribution is 5.29. The van der Waals surface area contributed by atoms with E-state index in [9.17, 15) is 4.39 Å². The molecule has 1 fully saturated rings. The van der Waals surface area contributed by atoms with E-state index in [0.29, 0.717) is 23.8 Å². The van der Waals surface area contributed by atoms with Crippen molar-refractivity contribution >= 4 is 0 Å². The van der Waals surface area contributed by atoms with Crippen molar-refractivity contribution in [1.29, 1.82) is 0 Å². The number of methoxy groups -OCH3 is 1. The van der Waals surface area contributed by atoms with E-state index in [4.69, 9.17) is 9.47 Å². The maximum absolute atomic E-state index is 13.7. The van der Waals surface area contributed by atoms with Crippen molar-refractivity contribution in [2.24, 2.45) is 5.92 Å². The Bertz CT molecular complexity index is 425. The zero-order chi connectivity index (χ0) is 13.8. The lowest BCUT2D eigenvalue weighted by Gasteiger charge is -2.22. The van der Waals surface area contributed by atoms with E-state index in [1.807, 2.05) is 13.1 Å². The van der Waals surface area contributed by atoms with Gasteiger partial charge in [0.05, 0.1) is 19.8 Å². The average Bonchev–Trinajstić information content (AvgIpc) is 2.82. The molecule has 1 aliphatic rings. The third-order valence-electron chi connectivity index (χ3n) is 3.84. The van der Waals surface area contributed by atoms with Gasteiger partial charge in [0.1, 0.15) is 0 Å². The molecule has 1 aromatic carbocycles. The summed E-state index contributed by atoms with van der Waals surface area (Å²) in [7, 11) is 3.43. The van der Waals surface area contributed by atoms with Gasteiger partial charge < -0.3 is 14.8 Å². The van der Waals surface area contributed by atoms with Crippen LogP contribution in [0.2, 0.25) is 0 Å². The highest BCUT2D eigenvalue weighted by atomic mass is 19.1. The van der Waals surface area contributed by atoms with E-state index >= 15 is 0 Å². The fraction of sp³-hybridized carbons (Fsp3) is 0.600. The first-order valence-electron chi connectivity index (χ1n) is 6.75. The van der Waals surface area contributed by atoms with Gasteiger partial charge in [-0.25, -0.2) is 4.39 Å². The summed E-state index contributed by atoms with van der Waals surface area (Å²) >= 11 is 0. The lowest BCUT2D eigenvalue weighted by molar-refractivity contribution is 0.117. The van der Waals surface area contributed by atoms with Crippen LogP contribution in [0.3, 0.4) is 0 Å². The van der Waals surface area contributed by atoms with E-state index in [1.54, 1.807) is 12.1 Å². The molecule has 0 aromatic heterocycles. The Balaban J connectivity index is 2.03.